The maximum Gasteiger partial charge on any atom is 0.406 e. The molecule has 1 heterocycles. The Morgan fingerprint density at radius 1 is 0.862 bits per heavy atom. The molecular formula is C23H19F3N2O. The standard InChI is InChI=1S/C23H19F3N2O/c1-16-12-13-19-20(14-16)28(15-22(24,25)26)21(27-19)23(29,17-8-4-2-5-9-17)18-10-6-3-7-11-18/h2-14,29H,15H2,1H3. The lowest BCUT2D eigenvalue weighted by Gasteiger charge is -2.30. The summed E-state index contributed by atoms with van der Waals surface area (Å²) in [6, 6.07) is 22.4. The molecule has 0 fully saturated rings. The molecule has 6 heteroatoms. The van der Waals surface area contributed by atoms with Gasteiger partial charge in [-0.25, -0.2) is 4.98 Å². The fourth-order valence-corrected chi connectivity index (χ4v) is 3.63. The van der Waals surface area contributed by atoms with Crippen LogP contribution in [0.1, 0.15) is 22.5 Å². The molecule has 1 aromatic heterocycles. The Bertz CT molecular complexity index is 1100. The second-order valence-corrected chi connectivity index (χ2v) is 7.07. The highest BCUT2D eigenvalue weighted by Gasteiger charge is 2.41. The van der Waals surface area contributed by atoms with Crippen LogP contribution in [0.15, 0.2) is 78.9 Å². The minimum atomic E-state index is -4.47. The first-order valence-corrected chi connectivity index (χ1v) is 9.16. The van der Waals surface area contributed by atoms with Crippen molar-refractivity contribution in [1.29, 1.82) is 0 Å². The van der Waals surface area contributed by atoms with Crippen LogP contribution in [0, 0.1) is 6.92 Å². The van der Waals surface area contributed by atoms with Gasteiger partial charge in [0.05, 0.1) is 11.0 Å². The largest absolute Gasteiger partial charge is 0.406 e. The second-order valence-electron chi connectivity index (χ2n) is 7.07. The predicted octanol–water partition coefficient (Wildman–Crippen LogP) is 5.19. The number of aromatic nitrogens is 2. The van der Waals surface area contributed by atoms with E-state index in [0.717, 1.165) is 10.1 Å². The van der Waals surface area contributed by atoms with E-state index in [1.165, 1.54) is 0 Å². The first-order chi connectivity index (χ1) is 13.8. The third-order valence-corrected chi connectivity index (χ3v) is 4.95. The summed E-state index contributed by atoms with van der Waals surface area (Å²) in [6.07, 6.45) is -4.47. The maximum absolute atomic E-state index is 13.5. The molecule has 0 radical (unpaired) electrons. The van der Waals surface area contributed by atoms with E-state index >= 15 is 0 Å². The zero-order chi connectivity index (χ0) is 20.6. The molecule has 0 aliphatic rings. The van der Waals surface area contributed by atoms with Crippen LogP contribution in [0.25, 0.3) is 11.0 Å². The van der Waals surface area contributed by atoms with Gasteiger partial charge in [-0.3, -0.25) is 0 Å². The van der Waals surface area contributed by atoms with Gasteiger partial charge in [0, 0.05) is 0 Å². The number of alkyl halides is 3. The Morgan fingerprint density at radius 3 is 1.93 bits per heavy atom. The first-order valence-electron chi connectivity index (χ1n) is 9.16. The van der Waals surface area contributed by atoms with Crippen LogP contribution in [0.5, 0.6) is 0 Å². The Hall–Kier alpha value is -3.12. The van der Waals surface area contributed by atoms with Crippen molar-refractivity contribution in [2.75, 3.05) is 0 Å². The summed E-state index contributed by atoms with van der Waals surface area (Å²) in [5, 5.41) is 11.9. The average Bonchev–Trinajstić information content (AvgIpc) is 3.05. The highest BCUT2D eigenvalue weighted by molar-refractivity contribution is 5.77. The topological polar surface area (TPSA) is 38.1 Å². The number of halogens is 3. The third-order valence-electron chi connectivity index (χ3n) is 4.95. The van der Waals surface area contributed by atoms with Gasteiger partial charge in [0.1, 0.15) is 6.54 Å². The number of aliphatic hydroxyl groups is 1. The van der Waals surface area contributed by atoms with Crippen LogP contribution < -0.4 is 0 Å². The van der Waals surface area contributed by atoms with Crippen LogP contribution >= 0.6 is 0 Å². The number of hydrogen-bond donors (Lipinski definition) is 1. The molecule has 0 unspecified atom stereocenters. The van der Waals surface area contributed by atoms with E-state index in [-0.39, 0.29) is 5.82 Å². The molecule has 29 heavy (non-hydrogen) atoms. The highest BCUT2D eigenvalue weighted by atomic mass is 19.4. The normalized spacial score (nSPS) is 12.4. The molecule has 4 rings (SSSR count). The Morgan fingerprint density at radius 2 is 1.41 bits per heavy atom. The van der Waals surface area contributed by atoms with Crippen molar-refractivity contribution >= 4 is 11.0 Å². The van der Waals surface area contributed by atoms with E-state index < -0.39 is 18.3 Å². The maximum atomic E-state index is 13.5. The number of benzene rings is 3. The second kappa shape index (κ2) is 7.04. The van der Waals surface area contributed by atoms with Gasteiger partial charge >= 0.3 is 6.18 Å². The molecule has 0 amide bonds. The zero-order valence-electron chi connectivity index (χ0n) is 15.7. The van der Waals surface area contributed by atoms with Crippen LogP contribution in [0.3, 0.4) is 0 Å². The van der Waals surface area contributed by atoms with E-state index in [1.54, 1.807) is 78.9 Å². The SMILES string of the molecule is Cc1ccc2nc(C(O)(c3ccccc3)c3ccccc3)n(CC(F)(F)F)c2c1. The third kappa shape index (κ3) is 3.51. The van der Waals surface area contributed by atoms with E-state index in [9.17, 15) is 18.3 Å². The summed E-state index contributed by atoms with van der Waals surface area (Å²) in [5.41, 5.74) is 0.599. The van der Waals surface area contributed by atoms with Gasteiger partial charge in [-0.05, 0) is 35.7 Å². The number of nitrogens with zero attached hydrogens (tertiary/aromatic N) is 2. The van der Waals surface area contributed by atoms with Crippen molar-refractivity contribution in [3.05, 3.63) is 101 Å². The summed E-state index contributed by atoms with van der Waals surface area (Å²) >= 11 is 0. The Kier molecular flexibility index (Phi) is 4.67. The fourth-order valence-electron chi connectivity index (χ4n) is 3.63. The average molecular weight is 396 g/mol. The van der Waals surface area contributed by atoms with Crippen molar-refractivity contribution in [2.24, 2.45) is 0 Å². The molecule has 0 atom stereocenters. The number of fused-ring (bicyclic) bond motifs is 1. The summed E-state index contributed by atoms with van der Waals surface area (Å²) in [7, 11) is 0. The quantitative estimate of drug-likeness (QED) is 0.515. The van der Waals surface area contributed by atoms with E-state index in [1.807, 2.05) is 6.92 Å². The summed E-state index contributed by atoms with van der Waals surface area (Å²) in [6.45, 7) is 0.564. The van der Waals surface area contributed by atoms with Crippen molar-refractivity contribution in [1.82, 2.24) is 9.55 Å². The van der Waals surface area contributed by atoms with Crippen molar-refractivity contribution in [3.8, 4) is 0 Å². The summed E-state index contributed by atoms with van der Waals surface area (Å²) in [5.74, 6) is -0.0622. The number of aryl methyl sites for hydroxylation is 1. The molecule has 3 nitrogen and oxygen atoms in total. The molecule has 4 aromatic rings. The monoisotopic (exact) mass is 396 g/mol. The molecule has 0 spiro atoms. The van der Waals surface area contributed by atoms with Crippen molar-refractivity contribution in [3.63, 3.8) is 0 Å². The van der Waals surface area contributed by atoms with Gasteiger partial charge in [-0.1, -0.05) is 66.7 Å². The fraction of sp³-hybridized carbons (Fsp3) is 0.174. The van der Waals surface area contributed by atoms with Gasteiger partial charge in [0.2, 0.25) is 0 Å². The van der Waals surface area contributed by atoms with Crippen LogP contribution in [0.2, 0.25) is 0 Å². The molecule has 0 aliphatic heterocycles. The van der Waals surface area contributed by atoms with Gasteiger partial charge in [0.15, 0.2) is 11.4 Å². The molecule has 1 N–H and O–H groups in total. The van der Waals surface area contributed by atoms with Gasteiger partial charge < -0.3 is 9.67 Å². The summed E-state index contributed by atoms with van der Waals surface area (Å²) < 4.78 is 41.5. The lowest BCUT2D eigenvalue weighted by Crippen LogP contribution is -2.34. The first kappa shape index (κ1) is 19.2. The molecule has 0 bridgehead atoms. The molecule has 0 aliphatic carbocycles. The van der Waals surface area contributed by atoms with Crippen LogP contribution in [0.4, 0.5) is 13.2 Å². The zero-order valence-corrected chi connectivity index (χ0v) is 15.7. The van der Waals surface area contributed by atoms with Crippen LogP contribution in [-0.4, -0.2) is 20.8 Å². The minimum absolute atomic E-state index is 0.0622. The molecule has 3 aromatic carbocycles. The van der Waals surface area contributed by atoms with E-state index in [0.29, 0.717) is 22.2 Å². The lowest BCUT2D eigenvalue weighted by molar-refractivity contribution is -0.141. The molecule has 0 saturated carbocycles. The number of hydrogen-bond acceptors (Lipinski definition) is 2. The predicted molar refractivity (Wildman–Crippen MR) is 106 cm³/mol. The van der Waals surface area contributed by atoms with Gasteiger partial charge in [-0.2, -0.15) is 13.2 Å². The van der Waals surface area contributed by atoms with Crippen LogP contribution in [-0.2, 0) is 12.1 Å². The molecular weight excluding hydrogens is 377 g/mol. The highest BCUT2D eigenvalue weighted by Crippen LogP contribution is 2.38. The molecule has 148 valence electrons. The van der Waals surface area contributed by atoms with E-state index in [2.05, 4.69) is 4.98 Å². The van der Waals surface area contributed by atoms with E-state index in [4.69, 9.17) is 0 Å². The molecule has 0 saturated heterocycles. The Balaban J connectivity index is 2.07. The number of imidazole rings is 1. The van der Waals surface area contributed by atoms with Gasteiger partial charge in [-0.15, -0.1) is 0 Å². The lowest BCUT2D eigenvalue weighted by atomic mass is 9.85. The number of rotatable bonds is 4. The summed E-state index contributed by atoms with van der Waals surface area (Å²) in [4.78, 5) is 4.48. The smallest absolute Gasteiger partial charge is 0.373 e. The van der Waals surface area contributed by atoms with Crippen molar-refractivity contribution < 1.29 is 18.3 Å². The minimum Gasteiger partial charge on any atom is -0.373 e. The Labute approximate surface area is 166 Å². The van der Waals surface area contributed by atoms with Crippen molar-refractivity contribution in [2.45, 2.75) is 25.2 Å². The van der Waals surface area contributed by atoms with Gasteiger partial charge in [0.25, 0.3) is 0 Å².